The second kappa shape index (κ2) is 51.4. The monoisotopic (exact) mass is 950 g/mol. The Morgan fingerprint density at radius 1 is 0.368 bits per heavy atom. The molecule has 1 rings (SSSR count). The maximum absolute atomic E-state index is 11.5. The van der Waals surface area contributed by atoms with Crippen molar-refractivity contribution in [1.29, 1.82) is 0 Å². The number of pyridine rings is 1. The lowest BCUT2D eigenvalue weighted by molar-refractivity contribution is 0.0442. The van der Waals surface area contributed by atoms with Crippen LogP contribution in [-0.2, 0) is 0 Å². The molecule has 68 heavy (non-hydrogen) atoms. The van der Waals surface area contributed by atoms with E-state index < -0.39 is 18.3 Å². The largest absolute Gasteiger partial charge is 0.392 e. The van der Waals surface area contributed by atoms with Crippen molar-refractivity contribution in [3.63, 3.8) is 0 Å². The number of aliphatic hydroxyl groups is 3. The van der Waals surface area contributed by atoms with E-state index in [1.165, 1.54) is 212 Å². The lowest BCUT2D eigenvalue weighted by Crippen LogP contribution is -2.52. The summed E-state index contributed by atoms with van der Waals surface area (Å²) in [7, 11) is 0. The number of aromatic nitrogens is 1. The van der Waals surface area contributed by atoms with Crippen molar-refractivity contribution >= 4 is 5.82 Å². The number of anilines is 1. The normalized spacial score (nSPS) is 13.5. The van der Waals surface area contributed by atoms with Crippen molar-refractivity contribution in [3.8, 4) is 0 Å². The highest BCUT2D eigenvalue weighted by Gasteiger charge is 2.25. The molecule has 0 saturated carbocycles. The summed E-state index contributed by atoms with van der Waals surface area (Å²) in [5.74, 6) is 0.762. The van der Waals surface area contributed by atoms with E-state index in [1.54, 1.807) is 6.20 Å². The van der Waals surface area contributed by atoms with Crippen LogP contribution in [0.15, 0.2) is 60.9 Å². The first-order valence-corrected chi connectivity index (χ1v) is 29.9. The predicted octanol–water partition coefficient (Wildman–Crippen LogP) is 18.3. The van der Waals surface area contributed by atoms with Crippen molar-refractivity contribution in [2.24, 2.45) is 0 Å². The average Bonchev–Trinajstić information content (AvgIpc) is 3.34. The third-order valence-corrected chi connectivity index (χ3v) is 13.9. The van der Waals surface area contributed by atoms with E-state index in [9.17, 15) is 15.3 Å². The molecule has 0 saturated heterocycles. The second-order valence-corrected chi connectivity index (χ2v) is 20.7. The number of allylic oxidation sites excluding steroid dienone is 6. The highest BCUT2D eigenvalue weighted by Crippen LogP contribution is 2.21. The number of aliphatic hydroxyl groups excluding tert-OH is 3. The van der Waals surface area contributed by atoms with E-state index in [0.29, 0.717) is 19.6 Å². The van der Waals surface area contributed by atoms with Crippen molar-refractivity contribution in [1.82, 2.24) is 9.99 Å². The van der Waals surface area contributed by atoms with Crippen molar-refractivity contribution in [2.45, 2.75) is 309 Å². The van der Waals surface area contributed by atoms with Crippen molar-refractivity contribution in [2.75, 3.05) is 24.6 Å². The predicted molar refractivity (Wildman–Crippen MR) is 300 cm³/mol. The highest BCUT2D eigenvalue weighted by molar-refractivity contribution is 5.36. The SMILES string of the molecule is CCCCCCCC/C=C\CCCCCCCC(O)CN(CC(O)CCCCCCC/C=C\CCCCCCCC)N(CC(O)CCCCCCC/C=C\CCCCCCCC)c1ccccn1. The molecule has 0 aliphatic rings. The molecule has 0 bridgehead atoms. The molecule has 0 aliphatic heterocycles. The molecule has 0 fully saturated rings. The summed E-state index contributed by atoms with van der Waals surface area (Å²) in [5, 5.41) is 38.6. The Labute approximate surface area is 423 Å². The summed E-state index contributed by atoms with van der Waals surface area (Å²) in [6, 6.07) is 5.92. The zero-order valence-electron chi connectivity index (χ0n) is 45.5. The van der Waals surface area contributed by atoms with E-state index >= 15 is 0 Å². The van der Waals surface area contributed by atoms with Crippen LogP contribution in [0.1, 0.15) is 290 Å². The summed E-state index contributed by atoms with van der Waals surface area (Å²) < 4.78 is 0. The zero-order valence-corrected chi connectivity index (χ0v) is 45.5. The van der Waals surface area contributed by atoms with Crippen LogP contribution >= 0.6 is 0 Å². The lowest BCUT2D eigenvalue weighted by atomic mass is 10.0. The number of unbranched alkanes of at least 4 members (excludes halogenated alkanes) is 33. The summed E-state index contributed by atoms with van der Waals surface area (Å²) in [6.07, 6.45) is 66.1. The fraction of sp³-hybridized carbons (Fsp3) is 0.823. The van der Waals surface area contributed by atoms with Crippen molar-refractivity contribution < 1.29 is 15.3 Å². The Hall–Kier alpha value is -1.99. The van der Waals surface area contributed by atoms with Crippen LogP contribution in [0.3, 0.4) is 0 Å². The number of hydrazine groups is 1. The average molecular weight is 951 g/mol. The first kappa shape index (κ1) is 64.0. The van der Waals surface area contributed by atoms with Crippen LogP contribution in [0.2, 0.25) is 0 Å². The molecule has 0 spiro atoms. The molecule has 1 heterocycles. The van der Waals surface area contributed by atoms with E-state index in [1.807, 2.05) is 18.2 Å². The highest BCUT2D eigenvalue weighted by atomic mass is 16.3. The van der Waals surface area contributed by atoms with Gasteiger partial charge < -0.3 is 15.3 Å². The molecule has 6 heteroatoms. The van der Waals surface area contributed by atoms with E-state index in [2.05, 4.69) is 67.2 Å². The minimum Gasteiger partial charge on any atom is -0.392 e. The molecule has 6 nitrogen and oxygen atoms in total. The van der Waals surface area contributed by atoms with Gasteiger partial charge in [-0.3, -0.25) is 5.01 Å². The van der Waals surface area contributed by atoms with Gasteiger partial charge in [0.1, 0.15) is 5.82 Å². The van der Waals surface area contributed by atoms with Gasteiger partial charge in [-0.15, -0.1) is 0 Å². The Bertz CT molecular complexity index is 1170. The molecule has 1 aromatic rings. The number of rotatable bonds is 53. The molecular weight excluding hydrogens is 835 g/mol. The molecule has 0 aromatic carbocycles. The molecule has 0 amide bonds. The Kier molecular flexibility index (Phi) is 48.4. The number of nitrogens with zero attached hydrogens (tertiary/aromatic N) is 3. The van der Waals surface area contributed by atoms with Crippen LogP contribution in [-0.4, -0.2) is 63.3 Å². The smallest absolute Gasteiger partial charge is 0.142 e. The van der Waals surface area contributed by atoms with Gasteiger partial charge in [-0.25, -0.2) is 9.99 Å². The first-order chi connectivity index (χ1) is 33.5. The topological polar surface area (TPSA) is 80.1 Å². The third kappa shape index (κ3) is 42.9. The van der Waals surface area contributed by atoms with Crippen LogP contribution in [0.5, 0.6) is 0 Å². The molecule has 0 radical (unpaired) electrons. The molecule has 396 valence electrons. The van der Waals surface area contributed by atoms with E-state index in [4.69, 9.17) is 4.98 Å². The van der Waals surface area contributed by atoms with Gasteiger partial charge in [0, 0.05) is 19.3 Å². The second-order valence-electron chi connectivity index (χ2n) is 20.7. The molecular formula is C62H115N3O3. The Morgan fingerprint density at radius 2 is 0.647 bits per heavy atom. The van der Waals surface area contributed by atoms with Crippen LogP contribution in [0.4, 0.5) is 5.82 Å². The Morgan fingerprint density at radius 3 is 0.941 bits per heavy atom. The van der Waals surface area contributed by atoms with Crippen molar-refractivity contribution in [3.05, 3.63) is 60.9 Å². The van der Waals surface area contributed by atoms with Gasteiger partial charge in [0.15, 0.2) is 0 Å². The van der Waals surface area contributed by atoms with Gasteiger partial charge in [0.2, 0.25) is 0 Å². The summed E-state index contributed by atoms with van der Waals surface area (Å²) in [5.41, 5.74) is 0. The quantitative estimate of drug-likeness (QED) is 0.0343. The van der Waals surface area contributed by atoms with Crippen LogP contribution < -0.4 is 5.01 Å². The number of hydrogen-bond donors (Lipinski definition) is 3. The lowest BCUT2D eigenvalue weighted by Gasteiger charge is -2.39. The summed E-state index contributed by atoms with van der Waals surface area (Å²) in [6.45, 7) is 8.08. The minimum atomic E-state index is -0.519. The summed E-state index contributed by atoms with van der Waals surface area (Å²) in [4.78, 5) is 4.73. The molecule has 3 unspecified atom stereocenters. The fourth-order valence-electron chi connectivity index (χ4n) is 9.44. The van der Waals surface area contributed by atoms with E-state index in [-0.39, 0.29) is 0 Å². The van der Waals surface area contributed by atoms with Gasteiger partial charge in [-0.2, -0.15) is 0 Å². The first-order valence-electron chi connectivity index (χ1n) is 29.9. The molecule has 0 aliphatic carbocycles. The summed E-state index contributed by atoms with van der Waals surface area (Å²) >= 11 is 0. The van der Waals surface area contributed by atoms with Gasteiger partial charge >= 0.3 is 0 Å². The maximum Gasteiger partial charge on any atom is 0.142 e. The molecule has 3 N–H and O–H groups in total. The molecule has 1 aromatic heterocycles. The van der Waals surface area contributed by atoms with E-state index in [0.717, 1.165) is 63.6 Å². The minimum absolute atomic E-state index is 0.403. The fourth-order valence-corrected chi connectivity index (χ4v) is 9.44. The maximum atomic E-state index is 11.5. The van der Waals surface area contributed by atoms with Gasteiger partial charge in [0.25, 0.3) is 0 Å². The van der Waals surface area contributed by atoms with Gasteiger partial charge in [-0.1, -0.05) is 237 Å². The third-order valence-electron chi connectivity index (χ3n) is 13.9. The standard InChI is InChI=1S/C62H115N3O3/c1-4-7-10-13-16-19-22-25-28-31-34-37-40-43-46-51-59(66)56-64(57-60(67)52-47-44-41-38-35-32-29-26-23-20-17-14-11-8-5-2)65(62-54-49-50-55-63-62)58-61(68)53-48-45-42-39-36-33-30-27-24-21-18-15-12-9-6-3/h25-30,49-50,54-55,59-61,66-68H,4-24,31-48,51-53,56-58H2,1-3H3/b28-25-,29-26-,30-27-. The van der Waals surface area contributed by atoms with Gasteiger partial charge in [-0.05, 0) is 108 Å². The molecule has 3 atom stereocenters. The van der Waals surface area contributed by atoms with Crippen LogP contribution in [0, 0.1) is 0 Å². The van der Waals surface area contributed by atoms with Crippen LogP contribution in [0.25, 0.3) is 0 Å². The number of hydrogen-bond acceptors (Lipinski definition) is 6. The van der Waals surface area contributed by atoms with Gasteiger partial charge in [0.05, 0.1) is 24.9 Å². The Balaban J connectivity index is 2.62. The zero-order chi connectivity index (χ0) is 49.1.